The van der Waals surface area contributed by atoms with Crippen molar-refractivity contribution in [3.05, 3.63) is 53.5 Å². The molecule has 0 radical (unpaired) electrons. The number of hydrogen-bond acceptors (Lipinski definition) is 5. The van der Waals surface area contributed by atoms with Gasteiger partial charge in [0.05, 0.1) is 20.1 Å². The van der Waals surface area contributed by atoms with E-state index in [1.54, 1.807) is 37.3 Å². The van der Waals surface area contributed by atoms with Gasteiger partial charge in [-0.15, -0.1) is 11.3 Å². The predicted octanol–water partition coefficient (Wildman–Crippen LogP) is 3.94. The number of amides is 1. The number of sulfonamides is 1. The quantitative estimate of drug-likeness (QED) is 0.581. The van der Waals surface area contributed by atoms with Crippen LogP contribution in [-0.4, -0.2) is 25.4 Å². The van der Waals surface area contributed by atoms with Gasteiger partial charge in [0.25, 0.3) is 0 Å². The minimum atomic E-state index is -3.53. The summed E-state index contributed by atoms with van der Waals surface area (Å²) in [6, 6.07) is 14.0. The Kier molecular flexibility index (Phi) is 6.43. The molecule has 0 bridgehead atoms. The lowest BCUT2D eigenvalue weighted by Crippen LogP contribution is -2.30. The molecule has 148 valence electrons. The standard InChI is InChI=1S/C20H23N3O3S2/c1-14(2)23-28(25,26)16-12-10-15(11-13-16)21-19(24)8-5-9-20-22-17-6-3-4-7-18(17)27-20/h3-4,6-7,10-14,23H,5,8-9H2,1-2H3,(H,21,24). The lowest BCUT2D eigenvalue weighted by atomic mass is 10.2. The minimum absolute atomic E-state index is 0.1000. The highest BCUT2D eigenvalue weighted by molar-refractivity contribution is 7.89. The monoisotopic (exact) mass is 417 g/mol. The summed E-state index contributed by atoms with van der Waals surface area (Å²) in [5.74, 6) is -0.1000. The molecule has 0 fully saturated rings. The number of carbonyl (C=O) groups excluding carboxylic acids is 1. The van der Waals surface area contributed by atoms with Gasteiger partial charge in [0, 0.05) is 18.2 Å². The van der Waals surface area contributed by atoms with Crippen LogP contribution >= 0.6 is 11.3 Å². The summed E-state index contributed by atoms with van der Waals surface area (Å²) in [6.45, 7) is 3.53. The molecule has 0 aliphatic carbocycles. The first kappa shape index (κ1) is 20.4. The number of benzene rings is 2. The number of anilines is 1. The maximum atomic E-state index is 12.1. The third-order valence-corrected chi connectivity index (χ3v) is 6.74. The van der Waals surface area contributed by atoms with Crippen LogP contribution in [0.3, 0.4) is 0 Å². The molecule has 2 aromatic carbocycles. The molecule has 8 heteroatoms. The van der Waals surface area contributed by atoms with Crippen LogP contribution < -0.4 is 10.0 Å². The molecule has 6 nitrogen and oxygen atoms in total. The SMILES string of the molecule is CC(C)NS(=O)(=O)c1ccc(NC(=O)CCCc2nc3ccccc3s2)cc1. The number of aromatic nitrogens is 1. The second-order valence-corrected chi connectivity index (χ2v) is 9.61. The molecule has 1 heterocycles. The number of rotatable bonds is 8. The van der Waals surface area contributed by atoms with E-state index in [0.29, 0.717) is 18.5 Å². The molecule has 1 aromatic heterocycles. The number of thiazole rings is 1. The molecule has 0 atom stereocenters. The van der Waals surface area contributed by atoms with Gasteiger partial charge in [0.2, 0.25) is 15.9 Å². The highest BCUT2D eigenvalue weighted by atomic mass is 32.2. The molecular formula is C20H23N3O3S2. The third kappa shape index (κ3) is 5.37. The highest BCUT2D eigenvalue weighted by Gasteiger charge is 2.15. The van der Waals surface area contributed by atoms with Gasteiger partial charge in [-0.3, -0.25) is 4.79 Å². The van der Waals surface area contributed by atoms with Crippen LogP contribution in [0.4, 0.5) is 5.69 Å². The zero-order valence-electron chi connectivity index (χ0n) is 15.8. The van der Waals surface area contributed by atoms with Gasteiger partial charge in [0.15, 0.2) is 0 Å². The van der Waals surface area contributed by atoms with Crippen LogP contribution in [0, 0.1) is 0 Å². The molecule has 2 N–H and O–H groups in total. The lowest BCUT2D eigenvalue weighted by Gasteiger charge is -2.10. The minimum Gasteiger partial charge on any atom is -0.326 e. The molecule has 0 saturated heterocycles. The summed E-state index contributed by atoms with van der Waals surface area (Å²) in [5, 5.41) is 3.83. The number of para-hydroxylation sites is 1. The number of hydrogen-bond donors (Lipinski definition) is 2. The summed E-state index contributed by atoms with van der Waals surface area (Å²) in [6.07, 6.45) is 1.84. The van der Waals surface area contributed by atoms with E-state index < -0.39 is 10.0 Å². The van der Waals surface area contributed by atoms with Crippen molar-refractivity contribution in [1.82, 2.24) is 9.71 Å². The van der Waals surface area contributed by atoms with Crippen molar-refractivity contribution in [1.29, 1.82) is 0 Å². The first-order valence-corrected chi connectivity index (χ1v) is 11.4. The third-order valence-electron chi connectivity index (χ3n) is 3.97. The van der Waals surface area contributed by atoms with Crippen molar-refractivity contribution in [3.63, 3.8) is 0 Å². The largest absolute Gasteiger partial charge is 0.326 e. The van der Waals surface area contributed by atoms with Crippen LogP contribution in [-0.2, 0) is 21.2 Å². The molecule has 3 aromatic rings. The van der Waals surface area contributed by atoms with E-state index in [-0.39, 0.29) is 16.8 Å². The highest BCUT2D eigenvalue weighted by Crippen LogP contribution is 2.23. The Hall–Kier alpha value is -2.29. The van der Waals surface area contributed by atoms with E-state index in [1.165, 1.54) is 12.1 Å². The van der Waals surface area contributed by atoms with E-state index in [2.05, 4.69) is 15.0 Å². The van der Waals surface area contributed by atoms with E-state index in [0.717, 1.165) is 21.6 Å². The van der Waals surface area contributed by atoms with Gasteiger partial charge >= 0.3 is 0 Å². The summed E-state index contributed by atoms with van der Waals surface area (Å²) < 4.78 is 27.9. The zero-order chi connectivity index (χ0) is 20.1. The van der Waals surface area contributed by atoms with Gasteiger partial charge in [-0.2, -0.15) is 0 Å². The maximum absolute atomic E-state index is 12.1. The van der Waals surface area contributed by atoms with Crippen LogP contribution in [0.25, 0.3) is 10.2 Å². The van der Waals surface area contributed by atoms with E-state index >= 15 is 0 Å². The fourth-order valence-corrected chi connectivity index (χ4v) is 5.01. The summed E-state index contributed by atoms with van der Waals surface area (Å²) in [4.78, 5) is 16.9. The Balaban J connectivity index is 1.50. The average molecular weight is 418 g/mol. The topological polar surface area (TPSA) is 88.2 Å². The molecule has 0 unspecified atom stereocenters. The Morgan fingerprint density at radius 2 is 1.82 bits per heavy atom. The van der Waals surface area contributed by atoms with E-state index in [9.17, 15) is 13.2 Å². The zero-order valence-corrected chi connectivity index (χ0v) is 17.4. The van der Waals surface area contributed by atoms with Crippen molar-refractivity contribution < 1.29 is 13.2 Å². The molecular weight excluding hydrogens is 394 g/mol. The molecule has 28 heavy (non-hydrogen) atoms. The van der Waals surface area contributed by atoms with E-state index in [4.69, 9.17) is 0 Å². The Morgan fingerprint density at radius 3 is 2.50 bits per heavy atom. The van der Waals surface area contributed by atoms with Crippen LogP contribution in [0.2, 0.25) is 0 Å². The first-order chi connectivity index (χ1) is 13.3. The fourth-order valence-electron chi connectivity index (χ4n) is 2.75. The summed E-state index contributed by atoms with van der Waals surface area (Å²) in [7, 11) is -3.53. The number of nitrogens with one attached hydrogen (secondary N) is 2. The second kappa shape index (κ2) is 8.81. The first-order valence-electron chi connectivity index (χ1n) is 9.10. The Bertz CT molecular complexity index is 1020. The van der Waals surface area contributed by atoms with Crippen LogP contribution in [0.5, 0.6) is 0 Å². The van der Waals surface area contributed by atoms with Crippen LogP contribution in [0.15, 0.2) is 53.4 Å². The smallest absolute Gasteiger partial charge is 0.240 e. The molecule has 0 aliphatic heterocycles. The molecule has 0 aliphatic rings. The van der Waals surface area contributed by atoms with Gasteiger partial charge < -0.3 is 5.32 Å². The molecule has 3 rings (SSSR count). The summed E-state index contributed by atoms with van der Waals surface area (Å²) in [5.41, 5.74) is 1.57. The molecule has 0 spiro atoms. The van der Waals surface area contributed by atoms with Gasteiger partial charge in [-0.1, -0.05) is 12.1 Å². The second-order valence-electron chi connectivity index (χ2n) is 6.78. The van der Waals surface area contributed by atoms with Gasteiger partial charge in [-0.05, 0) is 63.1 Å². The lowest BCUT2D eigenvalue weighted by molar-refractivity contribution is -0.116. The van der Waals surface area contributed by atoms with Gasteiger partial charge in [0.1, 0.15) is 0 Å². The number of aryl methyl sites for hydroxylation is 1. The van der Waals surface area contributed by atoms with Crippen molar-refractivity contribution in [3.8, 4) is 0 Å². The van der Waals surface area contributed by atoms with Crippen molar-refractivity contribution in [2.75, 3.05) is 5.32 Å². The molecule has 1 amide bonds. The maximum Gasteiger partial charge on any atom is 0.240 e. The fraction of sp³-hybridized carbons (Fsp3) is 0.300. The van der Waals surface area contributed by atoms with Gasteiger partial charge in [-0.25, -0.2) is 18.1 Å². The van der Waals surface area contributed by atoms with Crippen molar-refractivity contribution >= 4 is 43.2 Å². The van der Waals surface area contributed by atoms with Crippen LogP contribution in [0.1, 0.15) is 31.7 Å². The number of fused-ring (bicyclic) bond motifs is 1. The molecule has 0 saturated carbocycles. The van der Waals surface area contributed by atoms with E-state index in [1.807, 2.05) is 24.3 Å². The number of nitrogens with zero attached hydrogens (tertiary/aromatic N) is 1. The number of carbonyl (C=O) groups is 1. The van der Waals surface area contributed by atoms with Crippen molar-refractivity contribution in [2.45, 2.75) is 44.0 Å². The average Bonchev–Trinajstić information content (AvgIpc) is 3.04. The normalized spacial score (nSPS) is 11.8. The summed E-state index contributed by atoms with van der Waals surface area (Å²) >= 11 is 1.66. The Labute approximate surface area is 169 Å². The predicted molar refractivity (Wildman–Crippen MR) is 113 cm³/mol. The Morgan fingerprint density at radius 1 is 1.11 bits per heavy atom. The van der Waals surface area contributed by atoms with Crippen molar-refractivity contribution in [2.24, 2.45) is 0 Å².